The minimum Gasteiger partial charge on any atom is -0.382 e. The van der Waals surface area contributed by atoms with Crippen molar-refractivity contribution in [2.75, 3.05) is 19.8 Å². The molecule has 1 aromatic carbocycles. The highest BCUT2D eigenvalue weighted by atomic mass is 16.5. The highest BCUT2D eigenvalue weighted by Crippen LogP contribution is 2.43. The lowest BCUT2D eigenvalue weighted by atomic mass is 9.66. The molecule has 25 heavy (non-hydrogen) atoms. The summed E-state index contributed by atoms with van der Waals surface area (Å²) in [5, 5.41) is 3.17. The molecule has 1 aromatic heterocycles. The smallest absolute Gasteiger partial charge is 0.251 e. The largest absolute Gasteiger partial charge is 0.382 e. The highest BCUT2D eigenvalue weighted by Gasteiger charge is 2.36. The van der Waals surface area contributed by atoms with Crippen molar-refractivity contribution < 1.29 is 9.53 Å². The topological polar surface area (TPSA) is 56.1 Å². The molecule has 5 nitrogen and oxygen atoms in total. The van der Waals surface area contributed by atoms with Crippen LogP contribution in [0.2, 0.25) is 0 Å². The Hall–Kier alpha value is -1.88. The van der Waals surface area contributed by atoms with Gasteiger partial charge in [0.2, 0.25) is 0 Å². The molecule has 2 aliphatic rings. The first-order chi connectivity index (χ1) is 12.2. The SMILES string of the molecule is CCOCCC1(CNC(=O)c2ccc3nc4n(c3c2)CCC4)CCC1. The third-order valence-corrected chi connectivity index (χ3v) is 5.89. The van der Waals surface area contributed by atoms with Crippen molar-refractivity contribution in [1.82, 2.24) is 14.9 Å². The van der Waals surface area contributed by atoms with Gasteiger partial charge in [-0.3, -0.25) is 4.79 Å². The fraction of sp³-hybridized carbons (Fsp3) is 0.600. The molecule has 0 bridgehead atoms. The molecule has 0 radical (unpaired) electrons. The summed E-state index contributed by atoms with van der Waals surface area (Å²) in [6.07, 6.45) is 6.87. The predicted molar refractivity (Wildman–Crippen MR) is 97.8 cm³/mol. The fourth-order valence-electron chi connectivity index (χ4n) is 4.14. The van der Waals surface area contributed by atoms with Crippen LogP contribution in [0.15, 0.2) is 18.2 Å². The third kappa shape index (κ3) is 3.17. The van der Waals surface area contributed by atoms with E-state index in [-0.39, 0.29) is 11.3 Å². The van der Waals surface area contributed by atoms with Gasteiger partial charge in [0.25, 0.3) is 5.91 Å². The summed E-state index contributed by atoms with van der Waals surface area (Å²) in [6, 6.07) is 5.87. The van der Waals surface area contributed by atoms with Gasteiger partial charge in [0, 0.05) is 38.3 Å². The third-order valence-electron chi connectivity index (χ3n) is 5.89. The Kier molecular flexibility index (Phi) is 4.50. The molecule has 0 unspecified atom stereocenters. The number of carbonyl (C=O) groups excluding carboxylic acids is 1. The summed E-state index contributed by atoms with van der Waals surface area (Å²) < 4.78 is 7.77. The first-order valence-corrected chi connectivity index (χ1v) is 9.56. The number of nitrogens with one attached hydrogen (secondary N) is 1. The minimum atomic E-state index is 0.0260. The standard InChI is InChI=1S/C20H27N3O2/c1-2-25-12-10-20(8-4-9-20)14-21-19(24)15-6-7-16-17(13-15)23-11-3-5-18(23)22-16/h6-7,13H,2-5,8-12,14H2,1H3,(H,21,24). The van der Waals surface area contributed by atoms with Crippen LogP contribution in [-0.2, 0) is 17.7 Å². The Morgan fingerprint density at radius 1 is 1.36 bits per heavy atom. The van der Waals surface area contributed by atoms with Crippen molar-refractivity contribution in [2.45, 2.75) is 52.0 Å². The fourth-order valence-corrected chi connectivity index (χ4v) is 4.14. The van der Waals surface area contributed by atoms with Gasteiger partial charge in [0.15, 0.2) is 0 Å². The maximum Gasteiger partial charge on any atom is 0.251 e. The number of hydrogen-bond donors (Lipinski definition) is 1. The Morgan fingerprint density at radius 3 is 3.00 bits per heavy atom. The van der Waals surface area contributed by atoms with Gasteiger partial charge in [0.05, 0.1) is 11.0 Å². The maximum absolute atomic E-state index is 12.7. The van der Waals surface area contributed by atoms with Crippen molar-refractivity contribution in [1.29, 1.82) is 0 Å². The second kappa shape index (κ2) is 6.79. The molecule has 1 amide bonds. The van der Waals surface area contributed by atoms with Crippen molar-refractivity contribution in [3.05, 3.63) is 29.6 Å². The highest BCUT2D eigenvalue weighted by molar-refractivity contribution is 5.97. The summed E-state index contributed by atoms with van der Waals surface area (Å²) in [7, 11) is 0. The summed E-state index contributed by atoms with van der Waals surface area (Å²) >= 11 is 0. The van der Waals surface area contributed by atoms with Gasteiger partial charge in [0.1, 0.15) is 5.82 Å². The maximum atomic E-state index is 12.7. The van der Waals surface area contributed by atoms with Crippen molar-refractivity contribution >= 4 is 16.9 Å². The molecular weight excluding hydrogens is 314 g/mol. The van der Waals surface area contributed by atoms with E-state index in [9.17, 15) is 4.79 Å². The zero-order valence-corrected chi connectivity index (χ0v) is 15.0. The van der Waals surface area contributed by atoms with Gasteiger partial charge in [-0.2, -0.15) is 0 Å². The normalized spacial score (nSPS) is 18.1. The van der Waals surface area contributed by atoms with E-state index in [2.05, 4.69) is 14.9 Å². The van der Waals surface area contributed by atoms with Crippen LogP contribution in [-0.4, -0.2) is 35.2 Å². The molecule has 2 heterocycles. The number of aromatic nitrogens is 2. The lowest BCUT2D eigenvalue weighted by molar-refractivity contribution is 0.0513. The molecule has 2 aromatic rings. The number of imidazole rings is 1. The van der Waals surface area contributed by atoms with E-state index in [0.717, 1.165) is 68.0 Å². The average Bonchev–Trinajstić information content (AvgIpc) is 3.17. The van der Waals surface area contributed by atoms with E-state index in [0.29, 0.717) is 0 Å². The van der Waals surface area contributed by atoms with Crippen molar-refractivity contribution in [3.63, 3.8) is 0 Å². The number of hydrogen-bond acceptors (Lipinski definition) is 3. The first-order valence-electron chi connectivity index (χ1n) is 9.56. The molecule has 0 atom stereocenters. The molecule has 1 aliphatic heterocycles. The van der Waals surface area contributed by atoms with E-state index >= 15 is 0 Å². The van der Waals surface area contributed by atoms with Crippen LogP contribution in [0, 0.1) is 5.41 Å². The van der Waals surface area contributed by atoms with Crippen molar-refractivity contribution in [2.24, 2.45) is 5.41 Å². The number of rotatable bonds is 7. The van der Waals surface area contributed by atoms with E-state index < -0.39 is 0 Å². The van der Waals surface area contributed by atoms with Crippen molar-refractivity contribution in [3.8, 4) is 0 Å². The summed E-state index contributed by atoms with van der Waals surface area (Å²) in [4.78, 5) is 17.3. The van der Waals surface area contributed by atoms with Gasteiger partial charge < -0.3 is 14.6 Å². The van der Waals surface area contributed by atoms with Crippen LogP contribution in [0.3, 0.4) is 0 Å². The van der Waals surface area contributed by atoms with E-state index in [1.165, 1.54) is 19.3 Å². The van der Waals surface area contributed by atoms with Crippen LogP contribution in [0.5, 0.6) is 0 Å². The first kappa shape index (κ1) is 16.6. The number of aryl methyl sites for hydroxylation is 2. The minimum absolute atomic E-state index is 0.0260. The summed E-state index contributed by atoms with van der Waals surface area (Å²) in [6.45, 7) is 5.34. The van der Waals surface area contributed by atoms with E-state index in [1.54, 1.807) is 0 Å². The van der Waals surface area contributed by atoms with Crippen LogP contribution >= 0.6 is 0 Å². The number of nitrogens with zero attached hydrogens (tertiary/aromatic N) is 2. The Balaban J connectivity index is 1.43. The molecule has 0 spiro atoms. The van der Waals surface area contributed by atoms with Gasteiger partial charge in [-0.05, 0) is 56.2 Å². The number of amides is 1. The Labute approximate surface area is 148 Å². The van der Waals surface area contributed by atoms with E-state index in [1.807, 2.05) is 25.1 Å². The van der Waals surface area contributed by atoms with Gasteiger partial charge in [-0.15, -0.1) is 0 Å². The van der Waals surface area contributed by atoms with Crippen LogP contribution in [0.25, 0.3) is 11.0 Å². The molecule has 1 fully saturated rings. The second-order valence-corrected chi connectivity index (χ2v) is 7.47. The zero-order chi connectivity index (χ0) is 17.3. The monoisotopic (exact) mass is 341 g/mol. The molecule has 0 saturated heterocycles. The molecule has 1 N–H and O–H groups in total. The van der Waals surface area contributed by atoms with Crippen LogP contribution < -0.4 is 5.32 Å². The summed E-state index contributed by atoms with van der Waals surface area (Å²) in [5.41, 5.74) is 3.07. The quantitative estimate of drug-likeness (QED) is 0.786. The second-order valence-electron chi connectivity index (χ2n) is 7.47. The van der Waals surface area contributed by atoms with Gasteiger partial charge in [-0.1, -0.05) is 6.42 Å². The lowest BCUT2D eigenvalue weighted by Crippen LogP contribution is -2.42. The van der Waals surface area contributed by atoms with Crippen LogP contribution in [0.4, 0.5) is 0 Å². The number of fused-ring (bicyclic) bond motifs is 3. The van der Waals surface area contributed by atoms with Crippen LogP contribution in [0.1, 0.15) is 55.2 Å². The predicted octanol–water partition coefficient (Wildman–Crippen LogP) is 3.31. The van der Waals surface area contributed by atoms with Gasteiger partial charge >= 0.3 is 0 Å². The molecule has 1 saturated carbocycles. The lowest BCUT2D eigenvalue weighted by Gasteiger charge is -2.42. The molecular formula is C20H27N3O2. The molecule has 4 rings (SSSR count). The molecule has 5 heteroatoms. The number of benzene rings is 1. The zero-order valence-electron chi connectivity index (χ0n) is 15.0. The number of carbonyl (C=O) groups is 1. The molecule has 134 valence electrons. The van der Waals surface area contributed by atoms with Gasteiger partial charge in [-0.25, -0.2) is 4.98 Å². The number of ether oxygens (including phenoxy) is 1. The summed E-state index contributed by atoms with van der Waals surface area (Å²) in [5.74, 6) is 1.18. The average molecular weight is 341 g/mol. The van der Waals surface area contributed by atoms with E-state index in [4.69, 9.17) is 4.74 Å². The molecule has 1 aliphatic carbocycles. The Morgan fingerprint density at radius 2 is 2.24 bits per heavy atom. The Bertz CT molecular complexity index is 777.